The van der Waals surface area contributed by atoms with E-state index in [4.69, 9.17) is 0 Å². The first-order valence-corrected chi connectivity index (χ1v) is 6.79. The maximum absolute atomic E-state index is 12.4. The van der Waals surface area contributed by atoms with Crippen LogP contribution in [0.2, 0.25) is 0 Å². The number of aromatic nitrogens is 2. The number of fused-ring (bicyclic) bond motifs is 3. The molecule has 0 amide bonds. The van der Waals surface area contributed by atoms with E-state index in [-0.39, 0.29) is 5.43 Å². The van der Waals surface area contributed by atoms with Gasteiger partial charge in [-0.05, 0) is 17.7 Å². The van der Waals surface area contributed by atoms with Gasteiger partial charge in [0.05, 0.1) is 11.0 Å². The van der Waals surface area contributed by atoms with Gasteiger partial charge in [-0.25, -0.2) is 0 Å². The van der Waals surface area contributed by atoms with E-state index in [0.29, 0.717) is 5.39 Å². The molecule has 1 N–H and O–H groups in total. The van der Waals surface area contributed by atoms with E-state index in [0.717, 1.165) is 27.7 Å². The number of pyridine rings is 2. The number of rotatable bonds is 1. The highest BCUT2D eigenvalue weighted by Crippen LogP contribution is 2.23. The van der Waals surface area contributed by atoms with Crippen LogP contribution in [0.3, 0.4) is 0 Å². The first-order chi connectivity index (χ1) is 10.3. The Hall–Kier alpha value is -2.94. The lowest BCUT2D eigenvalue weighted by Gasteiger charge is -2.06. The number of hydrogen-bond donors (Lipinski definition) is 1. The van der Waals surface area contributed by atoms with Crippen LogP contribution in [0.1, 0.15) is 0 Å². The Bertz CT molecular complexity index is 1000. The van der Waals surface area contributed by atoms with Crippen LogP contribution < -0.4 is 5.43 Å². The van der Waals surface area contributed by atoms with Crippen LogP contribution in [0.25, 0.3) is 33.1 Å². The fraction of sp³-hybridized carbons (Fsp3) is 0. The molecule has 0 aliphatic carbocycles. The summed E-state index contributed by atoms with van der Waals surface area (Å²) in [4.78, 5) is 20.1. The molecule has 0 spiro atoms. The summed E-state index contributed by atoms with van der Waals surface area (Å²) in [6, 6.07) is 19.2. The van der Waals surface area contributed by atoms with Gasteiger partial charge < -0.3 is 4.98 Å². The number of H-pyrrole nitrogens is 1. The lowest BCUT2D eigenvalue weighted by Crippen LogP contribution is -2.03. The minimum absolute atomic E-state index is 0.00940. The molecule has 4 aromatic rings. The lowest BCUT2D eigenvalue weighted by atomic mass is 10.1. The fourth-order valence-corrected chi connectivity index (χ4v) is 2.63. The van der Waals surface area contributed by atoms with E-state index in [1.54, 1.807) is 12.3 Å². The van der Waals surface area contributed by atoms with Crippen LogP contribution in [-0.4, -0.2) is 9.97 Å². The summed E-state index contributed by atoms with van der Waals surface area (Å²) < 4.78 is 0. The molecule has 4 rings (SSSR count). The van der Waals surface area contributed by atoms with Crippen molar-refractivity contribution >= 4 is 21.8 Å². The third-order valence-corrected chi connectivity index (χ3v) is 3.66. The van der Waals surface area contributed by atoms with Gasteiger partial charge in [0.25, 0.3) is 0 Å². The molecule has 0 saturated heterocycles. The zero-order chi connectivity index (χ0) is 14.2. The predicted octanol–water partition coefficient (Wildman–Crippen LogP) is 3.74. The largest absolute Gasteiger partial charge is 0.353 e. The molecule has 2 aromatic heterocycles. The van der Waals surface area contributed by atoms with Crippen LogP contribution in [0.4, 0.5) is 0 Å². The first-order valence-electron chi connectivity index (χ1n) is 6.79. The summed E-state index contributed by atoms with van der Waals surface area (Å²) in [6.45, 7) is 0. The van der Waals surface area contributed by atoms with Crippen LogP contribution in [0.5, 0.6) is 0 Å². The van der Waals surface area contributed by atoms with Crippen molar-refractivity contribution in [1.82, 2.24) is 9.97 Å². The summed E-state index contributed by atoms with van der Waals surface area (Å²) in [6.07, 6.45) is 1.75. The molecular weight excluding hydrogens is 260 g/mol. The highest BCUT2D eigenvalue weighted by atomic mass is 16.1. The van der Waals surface area contributed by atoms with Crippen molar-refractivity contribution in [1.29, 1.82) is 0 Å². The van der Waals surface area contributed by atoms with E-state index in [1.807, 2.05) is 54.6 Å². The van der Waals surface area contributed by atoms with Crippen molar-refractivity contribution in [2.45, 2.75) is 0 Å². The Morgan fingerprint density at radius 1 is 0.905 bits per heavy atom. The van der Waals surface area contributed by atoms with Gasteiger partial charge in [0.1, 0.15) is 0 Å². The maximum atomic E-state index is 12.4. The average molecular weight is 272 g/mol. The molecule has 0 aliphatic rings. The zero-order valence-corrected chi connectivity index (χ0v) is 11.2. The third kappa shape index (κ3) is 1.91. The normalized spacial score (nSPS) is 11.0. The van der Waals surface area contributed by atoms with Crippen molar-refractivity contribution in [3.63, 3.8) is 0 Å². The van der Waals surface area contributed by atoms with E-state index >= 15 is 0 Å². The Balaban J connectivity index is 2.13. The summed E-state index contributed by atoms with van der Waals surface area (Å²) in [7, 11) is 0. The summed E-state index contributed by atoms with van der Waals surface area (Å²) in [5.41, 5.74) is 3.43. The molecular formula is C18H12N2O. The highest BCUT2D eigenvalue weighted by Gasteiger charge is 2.07. The van der Waals surface area contributed by atoms with Gasteiger partial charge >= 0.3 is 0 Å². The molecule has 21 heavy (non-hydrogen) atoms. The molecule has 0 radical (unpaired) electrons. The standard InChI is InChI=1S/C18H12N2O/c21-16-11-15(12-5-2-1-3-6-12)20-18-14(16)9-8-13-7-4-10-19-17(13)18/h1-11H,(H,20,21). The number of nitrogens with one attached hydrogen (secondary N) is 1. The van der Waals surface area contributed by atoms with Crippen molar-refractivity contribution in [2.24, 2.45) is 0 Å². The summed E-state index contributed by atoms with van der Waals surface area (Å²) in [5.74, 6) is 0. The van der Waals surface area contributed by atoms with Crippen LogP contribution >= 0.6 is 0 Å². The smallest absolute Gasteiger partial charge is 0.190 e. The Labute approximate surface area is 120 Å². The van der Waals surface area contributed by atoms with Gasteiger partial charge in [-0.2, -0.15) is 0 Å². The molecule has 0 unspecified atom stereocenters. The Morgan fingerprint density at radius 2 is 1.76 bits per heavy atom. The molecule has 2 aromatic carbocycles. The first kappa shape index (κ1) is 11.9. The summed E-state index contributed by atoms with van der Waals surface area (Å²) >= 11 is 0. The monoisotopic (exact) mass is 272 g/mol. The topological polar surface area (TPSA) is 45.8 Å². The van der Waals surface area contributed by atoms with Gasteiger partial charge in [-0.15, -0.1) is 0 Å². The van der Waals surface area contributed by atoms with Gasteiger partial charge in [0, 0.05) is 28.7 Å². The second-order valence-corrected chi connectivity index (χ2v) is 4.98. The molecule has 0 bridgehead atoms. The van der Waals surface area contributed by atoms with Gasteiger partial charge in [-0.1, -0.05) is 42.5 Å². The van der Waals surface area contributed by atoms with Crippen LogP contribution in [0, 0.1) is 0 Å². The van der Waals surface area contributed by atoms with E-state index in [1.165, 1.54) is 0 Å². The second-order valence-electron chi connectivity index (χ2n) is 4.98. The molecule has 0 saturated carbocycles. The van der Waals surface area contributed by atoms with E-state index in [2.05, 4.69) is 9.97 Å². The lowest BCUT2D eigenvalue weighted by molar-refractivity contribution is 1.36. The summed E-state index contributed by atoms with van der Waals surface area (Å²) in [5, 5.41) is 1.69. The van der Waals surface area contributed by atoms with Crippen molar-refractivity contribution < 1.29 is 0 Å². The van der Waals surface area contributed by atoms with E-state index in [9.17, 15) is 4.79 Å². The number of hydrogen-bond acceptors (Lipinski definition) is 2. The Kier molecular flexibility index (Phi) is 2.57. The predicted molar refractivity (Wildman–Crippen MR) is 85.3 cm³/mol. The Morgan fingerprint density at radius 3 is 2.62 bits per heavy atom. The average Bonchev–Trinajstić information content (AvgIpc) is 2.55. The molecule has 0 atom stereocenters. The van der Waals surface area contributed by atoms with Gasteiger partial charge in [-0.3, -0.25) is 9.78 Å². The molecule has 0 fully saturated rings. The second kappa shape index (κ2) is 4.56. The van der Waals surface area contributed by atoms with E-state index < -0.39 is 0 Å². The maximum Gasteiger partial charge on any atom is 0.190 e. The SMILES string of the molecule is O=c1cc(-c2ccccc2)[nH]c2c1ccc1cccnc12. The van der Waals surface area contributed by atoms with Crippen LogP contribution in [0.15, 0.2) is 71.7 Å². The molecule has 2 heterocycles. The number of benzene rings is 2. The quantitative estimate of drug-likeness (QED) is 0.536. The van der Waals surface area contributed by atoms with Crippen molar-refractivity contribution in [3.8, 4) is 11.3 Å². The molecule has 0 aliphatic heterocycles. The van der Waals surface area contributed by atoms with Crippen molar-refractivity contribution in [2.75, 3.05) is 0 Å². The highest BCUT2D eigenvalue weighted by molar-refractivity contribution is 6.03. The van der Waals surface area contributed by atoms with Gasteiger partial charge in [0.2, 0.25) is 0 Å². The number of nitrogens with zero attached hydrogens (tertiary/aromatic N) is 1. The minimum Gasteiger partial charge on any atom is -0.353 e. The minimum atomic E-state index is 0.00940. The fourth-order valence-electron chi connectivity index (χ4n) is 2.63. The zero-order valence-electron chi connectivity index (χ0n) is 11.2. The third-order valence-electron chi connectivity index (χ3n) is 3.66. The molecule has 100 valence electrons. The molecule has 3 nitrogen and oxygen atoms in total. The van der Waals surface area contributed by atoms with Crippen LogP contribution in [-0.2, 0) is 0 Å². The van der Waals surface area contributed by atoms with Gasteiger partial charge in [0.15, 0.2) is 5.43 Å². The van der Waals surface area contributed by atoms with Crippen molar-refractivity contribution in [3.05, 3.63) is 77.1 Å². The number of aromatic amines is 1. The molecule has 3 heteroatoms.